The maximum Gasteiger partial charge on any atom is 0.269 e. The molecule has 0 spiro atoms. The quantitative estimate of drug-likeness (QED) is 0.480. The number of carbonyl (C=O) groups is 3. The first-order chi connectivity index (χ1) is 12.5. The predicted molar refractivity (Wildman–Crippen MR) is 99.5 cm³/mol. The van der Waals surface area contributed by atoms with E-state index in [1.54, 1.807) is 18.2 Å². The Morgan fingerprint density at radius 3 is 2.27 bits per heavy atom. The molecular weight excluding hydrogens is 330 g/mol. The summed E-state index contributed by atoms with van der Waals surface area (Å²) in [4.78, 5) is 38.1. The van der Waals surface area contributed by atoms with Crippen molar-refractivity contribution in [2.45, 2.75) is 20.8 Å². The molecular formula is C21H19NO4. The molecule has 0 N–H and O–H groups in total. The van der Waals surface area contributed by atoms with Gasteiger partial charge in [0.2, 0.25) is 5.91 Å². The van der Waals surface area contributed by atoms with Gasteiger partial charge in [-0.15, -0.1) is 0 Å². The molecule has 0 saturated heterocycles. The normalized spacial score (nSPS) is 14.9. The van der Waals surface area contributed by atoms with Crippen molar-refractivity contribution < 1.29 is 19.1 Å². The molecule has 0 radical (unpaired) electrons. The summed E-state index contributed by atoms with van der Waals surface area (Å²) >= 11 is 0. The van der Waals surface area contributed by atoms with Gasteiger partial charge in [-0.25, -0.2) is 4.90 Å². The second-order valence-electron chi connectivity index (χ2n) is 5.95. The highest BCUT2D eigenvalue weighted by atomic mass is 16.5. The molecule has 0 bridgehead atoms. The van der Waals surface area contributed by atoms with E-state index in [4.69, 9.17) is 4.74 Å². The average molecular weight is 349 g/mol. The van der Waals surface area contributed by atoms with Gasteiger partial charge in [0.1, 0.15) is 5.76 Å². The fraction of sp³-hybridized carbons (Fsp3) is 0.190. The minimum absolute atomic E-state index is 0.112. The van der Waals surface area contributed by atoms with E-state index in [0.29, 0.717) is 34.8 Å². The smallest absolute Gasteiger partial charge is 0.269 e. The lowest BCUT2D eigenvalue weighted by Crippen LogP contribution is -2.31. The monoisotopic (exact) mass is 349 g/mol. The maximum atomic E-state index is 13.1. The molecule has 1 heterocycles. The van der Waals surface area contributed by atoms with Gasteiger partial charge in [0, 0.05) is 23.6 Å². The number of benzene rings is 2. The fourth-order valence-electron chi connectivity index (χ4n) is 3.05. The van der Waals surface area contributed by atoms with E-state index < -0.39 is 5.91 Å². The Kier molecular flexibility index (Phi) is 4.71. The average Bonchev–Trinajstić information content (AvgIpc) is 2.91. The topological polar surface area (TPSA) is 63.7 Å². The van der Waals surface area contributed by atoms with E-state index >= 15 is 0 Å². The molecule has 0 atom stereocenters. The number of ether oxygens (including phenoxy) is 1. The van der Waals surface area contributed by atoms with E-state index in [1.165, 1.54) is 13.8 Å². The summed E-state index contributed by atoms with van der Waals surface area (Å²) in [5.41, 5.74) is 2.51. The predicted octanol–water partition coefficient (Wildman–Crippen LogP) is 3.69. The van der Waals surface area contributed by atoms with Crippen molar-refractivity contribution in [3.63, 3.8) is 0 Å². The summed E-state index contributed by atoms with van der Waals surface area (Å²) in [6.45, 7) is 5.00. The number of fused-ring (bicyclic) bond motifs is 1. The summed E-state index contributed by atoms with van der Waals surface area (Å²) in [5.74, 6) is -0.534. The van der Waals surface area contributed by atoms with Crippen LogP contribution in [0.1, 0.15) is 42.3 Å². The first-order valence-electron chi connectivity index (χ1n) is 8.38. The van der Waals surface area contributed by atoms with Gasteiger partial charge in [-0.1, -0.05) is 30.3 Å². The maximum absolute atomic E-state index is 13.1. The van der Waals surface area contributed by atoms with Gasteiger partial charge in [0.25, 0.3) is 5.91 Å². The number of carbonyl (C=O) groups excluding carboxylic acids is 3. The van der Waals surface area contributed by atoms with E-state index in [-0.39, 0.29) is 11.7 Å². The highest BCUT2D eigenvalue weighted by Crippen LogP contribution is 2.41. The van der Waals surface area contributed by atoms with Crippen molar-refractivity contribution in [3.8, 4) is 0 Å². The van der Waals surface area contributed by atoms with E-state index in [0.717, 1.165) is 10.5 Å². The Morgan fingerprint density at radius 2 is 1.69 bits per heavy atom. The minimum atomic E-state index is -0.444. The summed E-state index contributed by atoms with van der Waals surface area (Å²) in [6.07, 6.45) is 0. The van der Waals surface area contributed by atoms with Crippen molar-refractivity contribution in [1.82, 2.24) is 0 Å². The molecule has 5 nitrogen and oxygen atoms in total. The zero-order valence-electron chi connectivity index (χ0n) is 14.9. The van der Waals surface area contributed by atoms with Crippen LogP contribution in [0.15, 0.2) is 48.5 Å². The number of rotatable bonds is 4. The zero-order chi connectivity index (χ0) is 18.8. The van der Waals surface area contributed by atoms with Crippen LogP contribution in [0.5, 0.6) is 0 Å². The van der Waals surface area contributed by atoms with Gasteiger partial charge in [-0.3, -0.25) is 14.4 Å². The van der Waals surface area contributed by atoms with E-state index in [1.807, 2.05) is 37.3 Å². The second-order valence-corrected chi connectivity index (χ2v) is 5.95. The zero-order valence-corrected chi connectivity index (χ0v) is 14.9. The van der Waals surface area contributed by atoms with Gasteiger partial charge < -0.3 is 4.74 Å². The van der Waals surface area contributed by atoms with Crippen LogP contribution < -0.4 is 4.90 Å². The number of Topliss-reactive ketones (excluding diaryl/α,β-unsaturated/α-hetero) is 1. The minimum Gasteiger partial charge on any atom is -0.492 e. The molecule has 0 saturated carbocycles. The SMILES string of the molecule is CCO/C(=C1/C(=O)N(C(C)=O)c2ccc(C(C)=O)cc21)c1ccccc1. The standard InChI is InChI=1S/C21H19NO4/c1-4-26-20(15-8-6-5-7-9-15)19-17-12-16(13(2)23)10-11-18(17)22(14(3)24)21(19)25/h5-12H,4H2,1-3H3/b20-19+. The lowest BCUT2D eigenvalue weighted by Gasteiger charge is -2.13. The van der Waals surface area contributed by atoms with Crippen molar-refractivity contribution in [2.24, 2.45) is 0 Å². The molecule has 2 aromatic rings. The second kappa shape index (κ2) is 6.96. The number of hydrogen-bond acceptors (Lipinski definition) is 4. The van der Waals surface area contributed by atoms with Crippen molar-refractivity contribution in [1.29, 1.82) is 0 Å². The molecule has 2 amide bonds. The highest BCUT2D eigenvalue weighted by Gasteiger charge is 2.38. The molecule has 2 aromatic carbocycles. The van der Waals surface area contributed by atoms with Gasteiger partial charge in [0.15, 0.2) is 5.78 Å². The largest absolute Gasteiger partial charge is 0.492 e. The van der Waals surface area contributed by atoms with Crippen LogP contribution in [-0.4, -0.2) is 24.2 Å². The third-order valence-corrected chi connectivity index (χ3v) is 4.20. The molecule has 3 rings (SSSR count). The summed E-state index contributed by atoms with van der Waals surface area (Å²) in [7, 11) is 0. The molecule has 26 heavy (non-hydrogen) atoms. The van der Waals surface area contributed by atoms with Crippen LogP contribution in [0.25, 0.3) is 11.3 Å². The van der Waals surface area contributed by atoms with E-state index in [9.17, 15) is 14.4 Å². The van der Waals surface area contributed by atoms with Gasteiger partial charge in [0.05, 0.1) is 17.9 Å². The fourth-order valence-corrected chi connectivity index (χ4v) is 3.05. The molecule has 1 aliphatic heterocycles. The lowest BCUT2D eigenvalue weighted by atomic mass is 9.99. The van der Waals surface area contributed by atoms with Crippen LogP contribution in [0.2, 0.25) is 0 Å². The Balaban J connectivity index is 2.33. The third kappa shape index (κ3) is 2.92. The summed E-state index contributed by atoms with van der Waals surface area (Å²) < 4.78 is 5.80. The summed E-state index contributed by atoms with van der Waals surface area (Å²) in [6, 6.07) is 14.2. The molecule has 0 aliphatic carbocycles. The summed E-state index contributed by atoms with van der Waals surface area (Å²) in [5, 5.41) is 0. The van der Waals surface area contributed by atoms with Crippen molar-refractivity contribution >= 4 is 34.6 Å². The van der Waals surface area contributed by atoms with Gasteiger partial charge >= 0.3 is 0 Å². The first kappa shape index (κ1) is 17.6. The number of amides is 2. The van der Waals surface area contributed by atoms with Crippen LogP contribution in [0, 0.1) is 0 Å². The number of ketones is 1. The Bertz CT molecular complexity index is 928. The molecule has 0 aromatic heterocycles. The van der Waals surface area contributed by atoms with E-state index in [2.05, 4.69) is 0 Å². The number of nitrogens with zero attached hydrogens (tertiary/aromatic N) is 1. The number of imide groups is 1. The molecule has 0 fully saturated rings. The number of hydrogen-bond donors (Lipinski definition) is 0. The molecule has 1 aliphatic rings. The third-order valence-electron chi connectivity index (χ3n) is 4.20. The molecule has 132 valence electrons. The number of anilines is 1. The molecule has 5 heteroatoms. The highest BCUT2D eigenvalue weighted by molar-refractivity contribution is 6.43. The van der Waals surface area contributed by atoms with Crippen LogP contribution >= 0.6 is 0 Å². The Morgan fingerprint density at radius 1 is 1.00 bits per heavy atom. The van der Waals surface area contributed by atoms with Crippen molar-refractivity contribution in [2.75, 3.05) is 11.5 Å². The van der Waals surface area contributed by atoms with Gasteiger partial charge in [-0.2, -0.15) is 0 Å². The molecule has 0 unspecified atom stereocenters. The Labute approximate surface area is 151 Å². The van der Waals surface area contributed by atoms with Crippen LogP contribution in [0.4, 0.5) is 5.69 Å². The first-order valence-corrected chi connectivity index (χ1v) is 8.38. The Hall–Kier alpha value is -3.21. The van der Waals surface area contributed by atoms with Crippen molar-refractivity contribution in [3.05, 3.63) is 65.2 Å². The van der Waals surface area contributed by atoms with Crippen LogP contribution in [0.3, 0.4) is 0 Å². The van der Waals surface area contributed by atoms with Gasteiger partial charge in [-0.05, 0) is 32.0 Å². The lowest BCUT2D eigenvalue weighted by molar-refractivity contribution is -0.122. The van der Waals surface area contributed by atoms with Crippen LogP contribution in [-0.2, 0) is 14.3 Å².